The molecule has 0 bridgehead atoms. The lowest BCUT2D eigenvalue weighted by atomic mass is 10.0. The van der Waals surface area contributed by atoms with Crippen molar-refractivity contribution in [3.05, 3.63) is 82.9 Å². The normalized spacial score (nSPS) is 15.1. The smallest absolute Gasteiger partial charge is 0.482 e. The van der Waals surface area contributed by atoms with E-state index in [2.05, 4.69) is 22.0 Å². The van der Waals surface area contributed by atoms with Crippen molar-refractivity contribution in [3.8, 4) is 5.75 Å². The molecule has 3 aromatic rings. The number of hydrogen-bond acceptors (Lipinski definition) is 6. The van der Waals surface area contributed by atoms with Gasteiger partial charge in [0, 0.05) is 41.6 Å². The zero-order valence-electron chi connectivity index (χ0n) is 23.4. The summed E-state index contributed by atoms with van der Waals surface area (Å²) in [6.45, 7) is 1.35. The molecule has 0 aromatic heterocycles. The first-order chi connectivity index (χ1) is 21.0. The van der Waals surface area contributed by atoms with Crippen LogP contribution in [0.15, 0.2) is 60.7 Å². The summed E-state index contributed by atoms with van der Waals surface area (Å²) in [4.78, 5) is 48.5. The molecule has 3 aliphatic rings. The molecule has 6 rings (SSSR count). The van der Waals surface area contributed by atoms with Crippen LogP contribution < -0.4 is 20.7 Å². The van der Waals surface area contributed by atoms with E-state index in [1.165, 1.54) is 5.56 Å². The van der Waals surface area contributed by atoms with Gasteiger partial charge in [-0.25, -0.2) is 4.79 Å². The Labute approximate surface area is 250 Å². The number of carbonyl (C=O) groups is 4. The highest BCUT2D eigenvalue weighted by atomic mass is 19.4. The second-order valence-corrected chi connectivity index (χ2v) is 10.6. The number of anilines is 3. The van der Waals surface area contributed by atoms with Crippen LogP contribution in [0.2, 0.25) is 0 Å². The Morgan fingerprint density at radius 2 is 1.68 bits per heavy atom. The molecule has 3 amide bonds. The first-order valence-electron chi connectivity index (χ1n) is 13.9. The fourth-order valence-corrected chi connectivity index (χ4v) is 4.83. The fourth-order valence-electron chi connectivity index (χ4n) is 4.83. The van der Waals surface area contributed by atoms with Gasteiger partial charge in [-0.1, -0.05) is 18.2 Å². The van der Waals surface area contributed by atoms with E-state index in [0.717, 1.165) is 49.2 Å². The Bertz CT molecular complexity index is 1590. The van der Waals surface area contributed by atoms with Gasteiger partial charge < -0.3 is 30.7 Å². The number of amides is 3. The van der Waals surface area contributed by atoms with Crippen molar-refractivity contribution < 1.29 is 42.2 Å². The number of alkyl halides is 3. The predicted octanol–water partition coefficient (Wildman–Crippen LogP) is 5.07. The summed E-state index contributed by atoms with van der Waals surface area (Å²) in [5.41, 5.74) is 5.74. The van der Waals surface area contributed by atoms with Gasteiger partial charge >= 0.3 is 12.1 Å². The number of benzene rings is 3. The zero-order valence-corrected chi connectivity index (χ0v) is 23.4. The van der Waals surface area contributed by atoms with Crippen LogP contribution in [-0.4, -0.2) is 59.1 Å². The predicted molar refractivity (Wildman–Crippen MR) is 155 cm³/mol. The van der Waals surface area contributed by atoms with Crippen molar-refractivity contribution in [2.75, 3.05) is 29.1 Å². The van der Waals surface area contributed by atoms with E-state index in [0.29, 0.717) is 29.1 Å². The molecule has 230 valence electrons. The third-order valence-corrected chi connectivity index (χ3v) is 7.23. The third-order valence-electron chi connectivity index (χ3n) is 7.23. The number of carboxylic acids is 1. The zero-order chi connectivity index (χ0) is 31.4. The molecule has 0 spiro atoms. The lowest BCUT2D eigenvalue weighted by Crippen LogP contribution is -2.33. The molecule has 2 aliphatic heterocycles. The summed E-state index contributed by atoms with van der Waals surface area (Å²) in [7, 11) is 0. The Morgan fingerprint density at radius 1 is 0.977 bits per heavy atom. The lowest BCUT2D eigenvalue weighted by Gasteiger charge is -2.24. The Morgan fingerprint density at radius 3 is 2.36 bits per heavy atom. The molecule has 0 saturated heterocycles. The molecule has 13 heteroatoms. The summed E-state index contributed by atoms with van der Waals surface area (Å²) < 4.78 is 37.2. The van der Waals surface area contributed by atoms with E-state index in [1.54, 1.807) is 30.3 Å². The molecule has 10 nitrogen and oxygen atoms in total. The molecular weight excluding hydrogens is 581 g/mol. The third kappa shape index (κ3) is 7.46. The van der Waals surface area contributed by atoms with Crippen molar-refractivity contribution in [1.82, 2.24) is 4.90 Å². The highest BCUT2D eigenvalue weighted by Crippen LogP contribution is 2.33. The number of hydrogen-bond donors (Lipinski definition) is 4. The molecule has 2 heterocycles. The minimum atomic E-state index is -5.08. The molecule has 0 unspecified atom stereocenters. The van der Waals surface area contributed by atoms with Crippen LogP contribution in [0, 0.1) is 0 Å². The van der Waals surface area contributed by atoms with Crippen LogP contribution in [0.4, 0.5) is 30.2 Å². The Hall–Kier alpha value is -5.07. The Kier molecular flexibility index (Phi) is 8.74. The quantitative estimate of drug-likeness (QED) is 0.306. The van der Waals surface area contributed by atoms with Gasteiger partial charge in [-0.3, -0.25) is 14.4 Å². The van der Waals surface area contributed by atoms with Gasteiger partial charge in [-0.2, -0.15) is 13.2 Å². The SMILES string of the molecule is O=C(O)C(F)(F)F.O=C1COc2cc(C(=O)N(Cc3ccc(C(=O)Nc4ccc5c(c4)NCCC5)cc3)C3CC3)ccc2N1. The summed E-state index contributed by atoms with van der Waals surface area (Å²) in [5.74, 6) is -2.70. The highest BCUT2D eigenvalue weighted by molar-refractivity contribution is 6.04. The van der Waals surface area contributed by atoms with E-state index >= 15 is 0 Å². The van der Waals surface area contributed by atoms with Crippen LogP contribution in [0.1, 0.15) is 51.1 Å². The average Bonchev–Trinajstić information content (AvgIpc) is 3.85. The number of aliphatic carboxylic acids is 1. The van der Waals surface area contributed by atoms with E-state index < -0.39 is 12.1 Å². The van der Waals surface area contributed by atoms with Crippen LogP contribution in [0.3, 0.4) is 0 Å². The number of carbonyl (C=O) groups excluding carboxylic acids is 3. The van der Waals surface area contributed by atoms with Crippen molar-refractivity contribution >= 4 is 40.8 Å². The average molecular weight is 611 g/mol. The molecule has 0 atom stereocenters. The molecule has 44 heavy (non-hydrogen) atoms. The standard InChI is InChI=1S/C29H28N4O4.C2HF3O2/c34-27-17-37-26-14-21(8-12-24(26)32-27)29(36)33(23-10-11-23)16-18-3-5-20(6-4-18)28(35)31-22-9-7-19-2-1-13-30-25(19)15-22;3-2(4,5)1(6)7/h3-9,12,14-15,23,30H,1-2,10-11,13,16-17H2,(H,31,35)(H,32,34);(H,6,7). The van der Waals surface area contributed by atoms with E-state index in [1.807, 2.05) is 29.2 Å². The van der Waals surface area contributed by atoms with Crippen LogP contribution in [0.5, 0.6) is 5.75 Å². The van der Waals surface area contributed by atoms with Gasteiger partial charge in [0.15, 0.2) is 6.61 Å². The number of nitrogens with zero attached hydrogens (tertiary/aromatic N) is 1. The maximum absolute atomic E-state index is 13.4. The fraction of sp³-hybridized carbons (Fsp3) is 0.290. The van der Waals surface area contributed by atoms with Gasteiger partial charge in [0.1, 0.15) is 5.75 Å². The molecule has 1 fully saturated rings. The molecule has 4 N–H and O–H groups in total. The number of carboxylic acid groups (broad SMARTS) is 1. The maximum atomic E-state index is 13.4. The van der Waals surface area contributed by atoms with E-state index in [9.17, 15) is 27.6 Å². The van der Waals surface area contributed by atoms with Crippen molar-refractivity contribution in [2.45, 2.75) is 44.4 Å². The largest absolute Gasteiger partial charge is 0.490 e. The van der Waals surface area contributed by atoms with E-state index in [-0.39, 0.29) is 30.4 Å². The number of halogens is 3. The second-order valence-electron chi connectivity index (χ2n) is 10.6. The van der Waals surface area contributed by atoms with Gasteiger partial charge in [0.2, 0.25) is 0 Å². The monoisotopic (exact) mass is 610 g/mol. The minimum Gasteiger partial charge on any atom is -0.482 e. The molecular formula is C31H29F3N4O6. The first kappa shape index (κ1) is 30.4. The van der Waals surface area contributed by atoms with E-state index in [4.69, 9.17) is 14.6 Å². The van der Waals surface area contributed by atoms with Gasteiger partial charge in [0.25, 0.3) is 17.7 Å². The first-order valence-corrected chi connectivity index (χ1v) is 13.9. The maximum Gasteiger partial charge on any atom is 0.490 e. The topological polar surface area (TPSA) is 137 Å². The summed E-state index contributed by atoms with van der Waals surface area (Å²) >= 11 is 0. The van der Waals surface area contributed by atoms with Crippen molar-refractivity contribution in [1.29, 1.82) is 0 Å². The van der Waals surface area contributed by atoms with Gasteiger partial charge in [-0.05, 0) is 79.3 Å². The summed E-state index contributed by atoms with van der Waals surface area (Å²) in [6, 6.07) is 18.7. The Balaban J connectivity index is 0.000000493. The number of aryl methyl sites for hydroxylation is 1. The van der Waals surface area contributed by atoms with Gasteiger partial charge in [-0.15, -0.1) is 0 Å². The van der Waals surface area contributed by atoms with Crippen molar-refractivity contribution in [2.24, 2.45) is 0 Å². The number of nitrogens with one attached hydrogen (secondary N) is 3. The number of ether oxygens (including phenoxy) is 1. The van der Waals surface area contributed by atoms with Crippen LogP contribution >= 0.6 is 0 Å². The van der Waals surface area contributed by atoms with Crippen molar-refractivity contribution in [3.63, 3.8) is 0 Å². The number of fused-ring (bicyclic) bond motifs is 2. The van der Waals surface area contributed by atoms with Crippen LogP contribution in [0.25, 0.3) is 0 Å². The van der Waals surface area contributed by atoms with Crippen LogP contribution in [-0.2, 0) is 22.6 Å². The van der Waals surface area contributed by atoms with Gasteiger partial charge in [0.05, 0.1) is 5.69 Å². The minimum absolute atomic E-state index is 0.0553. The number of rotatable bonds is 6. The summed E-state index contributed by atoms with van der Waals surface area (Å²) in [6.07, 6.45) is -0.966. The molecule has 3 aromatic carbocycles. The molecule has 0 radical (unpaired) electrons. The molecule has 1 saturated carbocycles. The summed E-state index contributed by atoms with van der Waals surface area (Å²) in [5, 5.41) is 16.2. The second kappa shape index (κ2) is 12.7. The highest BCUT2D eigenvalue weighted by Gasteiger charge is 2.38. The lowest BCUT2D eigenvalue weighted by molar-refractivity contribution is -0.192. The molecule has 1 aliphatic carbocycles.